The van der Waals surface area contributed by atoms with E-state index < -0.39 is 0 Å². The van der Waals surface area contributed by atoms with E-state index in [2.05, 4.69) is 10.2 Å². The van der Waals surface area contributed by atoms with Gasteiger partial charge in [0.05, 0.1) is 0 Å². The Labute approximate surface area is 102 Å². The van der Waals surface area contributed by atoms with E-state index in [4.69, 9.17) is 0 Å². The molecule has 3 rings (SSSR count). The van der Waals surface area contributed by atoms with Crippen molar-refractivity contribution in [3.05, 3.63) is 59.8 Å². The molecule has 4 nitrogen and oxygen atoms in total. The molecule has 18 heavy (non-hydrogen) atoms. The van der Waals surface area contributed by atoms with Crippen LogP contribution in [0.15, 0.2) is 42.6 Å². The van der Waals surface area contributed by atoms with Gasteiger partial charge < -0.3 is 5.11 Å². The van der Waals surface area contributed by atoms with Crippen molar-refractivity contribution >= 4 is 5.65 Å². The van der Waals surface area contributed by atoms with Gasteiger partial charge in [-0.05, 0) is 23.8 Å². The quantitative estimate of drug-likeness (QED) is 0.750. The summed E-state index contributed by atoms with van der Waals surface area (Å²) in [5, 5.41) is 17.5. The smallest absolute Gasteiger partial charge is 0.203 e. The maximum Gasteiger partial charge on any atom is 0.203 e. The summed E-state index contributed by atoms with van der Waals surface area (Å²) >= 11 is 0. The van der Waals surface area contributed by atoms with E-state index in [0.29, 0.717) is 23.5 Å². The van der Waals surface area contributed by atoms with Gasteiger partial charge in [-0.25, -0.2) is 4.39 Å². The molecule has 5 heteroatoms. The molecule has 1 aromatic carbocycles. The van der Waals surface area contributed by atoms with Crippen molar-refractivity contribution in [3.63, 3.8) is 0 Å². The molecule has 0 radical (unpaired) electrons. The molecule has 90 valence electrons. The highest BCUT2D eigenvalue weighted by Crippen LogP contribution is 2.18. The number of aromatic nitrogens is 3. The standard InChI is InChI=1S/C13H10FN3O/c14-10-5-2-1-4-9(10)8-12-15-16-13-11(18)6-3-7-17(12)13/h1-7,18H,8H2. The predicted molar refractivity (Wildman–Crippen MR) is 63.9 cm³/mol. The number of rotatable bonds is 2. The van der Waals surface area contributed by atoms with E-state index in [0.717, 1.165) is 0 Å². The highest BCUT2D eigenvalue weighted by Gasteiger charge is 2.10. The van der Waals surface area contributed by atoms with E-state index in [1.807, 2.05) is 0 Å². The molecule has 3 aromatic rings. The summed E-state index contributed by atoms with van der Waals surface area (Å²) < 4.78 is 15.2. The maximum absolute atomic E-state index is 13.6. The molecule has 0 aliphatic heterocycles. The Hall–Kier alpha value is -2.43. The van der Waals surface area contributed by atoms with Crippen LogP contribution in [0, 0.1) is 5.82 Å². The normalized spacial score (nSPS) is 10.9. The molecule has 0 bridgehead atoms. The summed E-state index contributed by atoms with van der Waals surface area (Å²) in [6.45, 7) is 0. The Morgan fingerprint density at radius 3 is 2.78 bits per heavy atom. The molecule has 0 aliphatic rings. The van der Waals surface area contributed by atoms with Crippen molar-refractivity contribution < 1.29 is 9.50 Å². The minimum absolute atomic E-state index is 0.0600. The van der Waals surface area contributed by atoms with Crippen LogP contribution in [0.4, 0.5) is 4.39 Å². The maximum atomic E-state index is 13.6. The Morgan fingerprint density at radius 2 is 1.94 bits per heavy atom. The van der Waals surface area contributed by atoms with E-state index in [-0.39, 0.29) is 11.6 Å². The fourth-order valence-corrected chi connectivity index (χ4v) is 1.88. The molecule has 2 aromatic heterocycles. The molecule has 0 saturated heterocycles. The van der Waals surface area contributed by atoms with Gasteiger partial charge in [-0.2, -0.15) is 0 Å². The first-order valence-electron chi connectivity index (χ1n) is 5.51. The minimum atomic E-state index is -0.269. The number of nitrogens with zero attached hydrogens (tertiary/aromatic N) is 3. The second-order valence-corrected chi connectivity index (χ2v) is 3.97. The molecular formula is C13H10FN3O. The van der Waals surface area contributed by atoms with Crippen molar-refractivity contribution in [1.29, 1.82) is 0 Å². The molecule has 0 unspecified atom stereocenters. The molecule has 0 amide bonds. The van der Waals surface area contributed by atoms with Crippen LogP contribution < -0.4 is 0 Å². The van der Waals surface area contributed by atoms with Crippen LogP contribution >= 0.6 is 0 Å². The van der Waals surface area contributed by atoms with Crippen LogP contribution in [-0.4, -0.2) is 19.7 Å². The van der Waals surface area contributed by atoms with E-state index in [1.165, 1.54) is 12.1 Å². The van der Waals surface area contributed by atoms with Crippen LogP contribution in [0.2, 0.25) is 0 Å². The lowest BCUT2D eigenvalue weighted by molar-refractivity contribution is 0.477. The summed E-state index contributed by atoms with van der Waals surface area (Å²) in [4.78, 5) is 0. The fraction of sp³-hybridized carbons (Fsp3) is 0.0769. The lowest BCUT2D eigenvalue weighted by atomic mass is 10.1. The van der Waals surface area contributed by atoms with Crippen molar-refractivity contribution in [2.45, 2.75) is 6.42 Å². The second kappa shape index (κ2) is 4.10. The summed E-state index contributed by atoms with van der Waals surface area (Å²) in [5.41, 5.74) is 0.930. The lowest BCUT2D eigenvalue weighted by Gasteiger charge is -2.02. The first-order valence-corrected chi connectivity index (χ1v) is 5.51. The number of hydrogen-bond acceptors (Lipinski definition) is 3. The molecule has 0 atom stereocenters. The van der Waals surface area contributed by atoms with E-state index in [9.17, 15) is 9.50 Å². The summed E-state index contributed by atoms with van der Waals surface area (Å²) in [6, 6.07) is 9.77. The predicted octanol–water partition coefficient (Wildman–Crippen LogP) is 2.16. The zero-order valence-corrected chi connectivity index (χ0v) is 9.42. The fourth-order valence-electron chi connectivity index (χ4n) is 1.88. The van der Waals surface area contributed by atoms with Gasteiger partial charge in [-0.3, -0.25) is 4.40 Å². The Morgan fingerprint density at radius 1 is 1.11 bits per heavy atom. The number of benzene rings is 1. The number of aromatic hydroxyl groups is 1. The minimum Gasteiger partial charge on any atom is -0.504 e. The van der Waals surface area contributed by atoms with Gasteiger partial charge in [-0.1, -0.05) is 18.2 Å². The summed E-state index contributed by atoms with van der Waals surface area (Å²) in [6.07, 6.45) is 2.07. The van der Waals surface area contributed by atoms with Crippen molar-refractivity contribution in [3.8, 4) is 5.75 Å². The van der Waals surface area contributed by atoms with Crippen LogP contribution in [0.1, 0.15) is 11.4 Å². The molecule has 2 heterocycles. The van der Waals surface area contributed by atoms with Crippen LogP contribution in [0.3, 0.4) is 0 Å². The van der Waals surface area contributed by atoms with Gasteiger partial charge in [0.1, 0.15) is 11.6 Å². The first kappa shape index (κ1) is 10.7. The van der Waals surface area contributed by atoms with E-state index in [1.54, 1.807) is 34.9 Å². The van der Waals surface area contributed by atoms with Crippen LogP contribution in [0.5, 0.6) is 5.75 Å². The third kappa shape index (κ3) is 1.69. The van der Waals surface area contributed by atoms with E-state index >= 15 is 0 Å². The van der Waals surface area contributed by atoms with Crippen molar-refractivity contribution in [1.82, 2.24) is 14.6 Å². The van der Waals surface area contributed by atoms with Crippen molar-refractivity contribution in [2.75, 3.05) is 0 Å². The van der Waals surface area contributed by atoms with Gasteiger partial charge in [0.25, 0.3) is 0 Å². The Bertz CT molecular complexity index is 708. The second-order valence-electron chi connectivity index (χ2n) is 3.97. The van der Waals surface area contributed by atoms with Gasteiger partial charge in [0.2, 0.25) is 5.65 Å². The van der Waals surface area contributed by atoms with Gasteiger partial charge in [0, 0.05) is 12.6 Å². The molecule has 0 spiro atoms. The molecular weight excluding hydrogens is 233 g/mol. The number of hydrogen-bond donors (Lipinski definition) is 1. The molecule has 0 aliphatic carbocycles. The monoisotopic (exact) mass is 243 g/mol. The zero-order chi connectivity index (χ0) is 12.5. The van der Waals surface area contributed by atoms with Crippen molar-refractivity contribution in [2.24, 2.45) is 0 Å². The molecule has 1 N–H and O–H groups in total. The lowest BCUT2D eigenvalue weighted by Crippen LogP contribution is -1.98. The Balaban J connectivity index is 2.06. The third-order valence-electron chi connectivity index (χ3n) is 2.79. The topological polar surface area (TPSA) is 50.4 Å². The van der Waals surface area contributed by atoms with Crippen LogP contribution in [-0.2, 0) is 6.42 Å². The Kier molecular flexibility index (Phi) is 2.44. The van der Waals surface area contributed by atoms with Gasteiger partial charge in [0.15, 0.2) is 5.75 Å². The highest BCUT2D eigenvalue weighted by molar-refractivity contribution is 5.52. The zero-order valence-electron chi connectivity index (χ0n) is 9.42. The van der Waals surface area contributed by atoms with Crippen LogP contribution in [0.25, 0.3) is 5.65 Å². The summed E-state index contributed by atoms with van der Waals surface area (Å²) in [7, 11) is 0. The molecule has 0 saturated carbocycles. The number of halogens is 1. The average molecular weight is 243 g/mol. The third-order valence-corrected chi connectivity index (χ3v) is 2.79. The summed E-state index contributed by atoms with van der Waals surface area (Å²) in [5.74, 6) is 0.380. The highest BCUT2D eigenvalue weighted by atomic mass is 19.1. The van der Waals surface area contributed by atoms with Gasteiger partial charge in [-0.15, -0.1) is 10.2 Å². The average Bonchev–Trinajstić information content (AvgIpc) is 2.77. The first-order chi connectivity index (χ1) is 8.75. The van der Waals surface area contributed by atoms with Gasteiger partial charge >= 0.3 is 0 Å². The SMILES string of the molecule is Oc1cccn2c(Cc3ccccc3F)nnc12. The molecule has 0 fully saturated rings. The largest absolute Gasteiger partial charge is 0.504 e. The number of fused-ring (bicyclic) bond motifs is 1. The number of pyridine rings is 1.